The number of fused-ring (bicyclic) bond motifs is 1. The maximum atomic E-state index is 13.1. The summed E-state index contributed by atoms with van der Waals surface area (Å²) < 4.78 is 13.1. The van der Waals surface area contributed by atoms with Gasteiger partial charge in [0, 0.05) is 35.6 Å². The van der Waals surface area contributed by atoms with Gasteiger partial charge in [-0.25, -0.2) is 14.4 Å². The van der Waals surface area contributed by atoms with Gasteiger partial charge in [-0.3, -0.25) is 0 Å². The molecule has 0 saturated heterocycles. The Morgan fingerprint density at radius 2 is 2.20 bits per heavy atom. The number of benzene rings is 1. The molecule has 1 aliphatic heterocycles. The molecule has 3 nitrogen and oxygen atoms in total. The average molecular weight is 310 g/mol. The van der Waals surface area contributed by atoms with E-state index >= 15 is 0 Å². The molecule has 0 unspecified atom stereocenters. The zero-order valence-electron chi connectivity index (χ0n) is 10.9. The standard InChI is InChI=1S/C14H13ClFN3S/c1-17-14-10-6-20-7-12(10)18-13(19-14)4-8-2-3-9(16)5-11(8)15/h2-3,5H,4,6-7H2,1H3,(H,17,18,19). The lowest BCUT2D eigenvalue weighted by Crippen LogP contribution is -2.06. The Morgan fingerprint density at radius 3 is 2.95 bits per heavy atom. The number of hydrogen-bond acceptors (Lipinski definition) is 4. The maximum absolute atomic E-state index is 13.1. The maximum Gasteiger partial charge on any atom is 0.135 e. The fourth-order valence-electron chi connectivity index (χ4n) is 2.22. The Kier molecular flexibility index (Phi) is 3.81. The molecule has 2 aromatic rings. The van der Waals surface area contributed by atoms with Gasteiger partial charge >= 0.3 is 0 Å². The van der Waals surface area contributed by atoms with Crippen LogP contribution in [0.4, 0.5) is 10.2 Å². The summed E-state index contributed by atoms with van der Waals surface area (Å²) in [6.45, 7) is 0. The van der Waals surface area contributed by atoms with Gasteiger partial charge in [0.25, 0.3) is 0 Å². The molecule has 1 aromatic heterocycles. The van der Waals surface area contributed by atoms with Gasteiger partial charge in [0.1, 0.15) is 17.5 Å². The first-order valence-electron chi connectivity index (χ1n) is 6.25. The summed E-state index contributed by atoms with van der Waals surface area (Å²) in [6, 6.07) is 4.41. The van der Waals surface area contributed by atoms with E-state index in [4.69, 9.17) is 11.6 Å². The Labute approximate surface area is 126 Å². The fraction of sp³-hybridized carbons (Fsp3) is 0.286. The lowest BCUT2D eigenvalue weighted by molar-refractivity contribution is 0.627. The summed E-state index contributed by atoms with van der Waals surface area (Å²) in [5.74, 6) is 3.12. The van der Waals surface area contributed by atoms with Crippen molar-refractivity contribution in [2.45, 2.75) is 17.9 Å². The molecule has 0 saturated carbocycles. The quantitative estimate of drug-likeness (QED) is 0.939. The van der Waals surface area contributed by atoms with E-state index in [0.717, 1.165) is 28.6 Å². The minimum atomic E-state index is -0.332. The van der Waals surface area contributed by atoms with Crippen LogP contribution in [0.1, 0.15) is 22.6 Å². The highest BCUT2D eigenvalue weighted by molar-refractivity contribution is 7.98. The predicted octanol–water partition coefficient (Wildman–Crippen LogP) is 3.65. The molecular weight excluding hydrogens is 297 g/mol. The van der Waals surface area contributed by atoms with Crippen LogP contribution in [-0.4, -0.2) is 17.0 Å². The van der Waals surface area contributed by atoms with Crippen LogP contribution in [0.3, 0.4) is 0 Å². The van der Waals surface area contributed by atoms with Crippen LogP contribution < -0.4 is 5.32 Å². The predicted molar refractivity (Wildman–Crippen MR) is 80.8 cm³/mol. The van der Waals surface area contributed by atoms with Crippen molar-refractivity contribution in [3.8, 4) is 0 Å². The Balaban J connectivity index is 1.95. The van der Waals surface area contributed by atoms with Crippen LogP contribution in [0.25, 0.3) is 0 Å². The molecule has 6 heteroatoms. The SMILES string of the molecule is CNc1nc(Cc2ccc(F)cc2Cl)nc2c1CSC2. The number of anilines is 1. The molecule has 104 valence electrons. The first-order chi connectivity index (χ1) is 9.67. The topological polar surface area (TPSA) is 37.8 Å². The zero-order chi connectivity index (χ0) is 14.1. The summed E-state index contributed by atoms with van der Waals surface area (Å²) >= 11 is 7.89. The van der Waals surface area contributed by atoms with E-state index in [2.05, 4.69) is 15.3 Å². The fourth-order valence-corrected chi connectivity index (χ4v) is 3.50. The Hall–Kier alpha value is -1.33. The van der Waals surface area contributed by atoms with Crippen molar-refractivity contribution < 1.29 is 4.39 Å². The van der Waals surface area contributed by atoms with Crippen LogP contribution in [0.5, 0.6) is 0 Å². The van der Waals surface area contributed by atoms with Crippen molar-refractivity contribution in [2.24, 2.45) is 0 Å². The summed E-state index contributed by atoms with van der Waals surface area (Å²) in [5.41, 5.74) is 3.11. The normalized spacial score (nSPS) is 13.3. The van der Waals surface area contributed by atoms with Gasteiger partial charge in [0.15, 0.2) is 0 Å². The minimum absolute atomic E-state index is 0.332. The highest BCUT2D eigenvalue weighted by atomic mass is 35.5. The van der Waals surface area contributed by atoms with Crippen molar-refractivity contribution in [3.05, 3.63) is 51.7 Å². The Morgan fingerprint density at radius 1 is 1.35 bits per heavy atom. The lowest BCUT2D eigenvalue weighted by Gasteiger charge is -2.09. The number of hydrogen-bond donors (Lipinski definition) is 1. The number of aromatic nitrogens is 2. The smallest absolute Gasteiger partial charge is 0.135 e. The number of halogens is 2. The van der Waals surface area contributed by atoms with E-state index in [1.165, 1.54) is 17.7 Å². The van der Waals surface area contributed by atoms with E-state index in [-0.39, 0.29) is 5.82 Å². The van der Waals surface area contributed by atoms with Crippen LogP contribution in [-0.2, 0) is 17.9 Å². The summed E-state index contributed by atoms with van der Waals surface area (Å²) in [7, 11) is 1.86. The van der Waals surface area contributed by atoms with Crippen LogP contribution in [0.15, 0.2) is 18.2 Å². The first-order valence-corrected chi connectivity index (χ1v) is 7.78. The number of thioether (sulfide) groups is 1. The molecule has 3 rings (SSSR count). The highest BCUT2D eigenvalue weighted by Gasteiger charge is 2.19. The van der Waals surface area contributed by atoms with Gasteiger partial charge < -0.3 is 5.32 Å². The van der Waals surface area contributed by atoms with Gasteiger partial charge in [0.2, 0.25) is 0 Å². The molecular formula is C14H13ClFN3S. The summed E-state index contributed by atoms with van der Waals surface area (Å²) in [5, 5.41) is 3.53. The Bertz CT molecular complexity index is 663. The van der Waals surface area contributed by atoms with Crippen molar-refractivity contribution in [2.75, 3.05) is 12.4 Å². The van der Waals surface area contributed by atoms with Crippen LogP contribution in [0, 0.1) is 5.82 Å². The molecule has 1 N–H and O–H groups in total. The highest BCUT2D eigenvalue weighted by Crippen LogP contribution is 2.33. The first kappa shape index (κ1) is 13.6. The third-order valence-corrected chi connectivity index (χ3v) is 4.55. The second kappa shape index (κ2) is 5.58. The molecule has 0 radical (unpaired) electrons. The van der Waals surface area contributed by atoms with E-state index in [9.17, 15) is 4.39 Å². The van der Waals surface area contributed by atoms with Gasteiger partial charge in [-0.05, 0) is 17.7 Å². The van der Waals surface area contributed by atoms with Gasteiger partial charge in [-0.2, -0.15) is 11.8 Å². The van der Waals surface area contributed by atoms with Crippen molar-refractivity contribution in [1.29, 1.82) is 0 Å². The van der Waals surface area contributed by atoms with Crippen LogP contribution in [0.2, 0.25) is 5.02 Å². The van der Waals surface area contributed by atoms with E-state index in [1.54, 1.807) is 6.07 Å². The van der Waals surface area contributed by atoms with E-state index < -0.39 is 0 Å². The number of nitrogens with zero attached hydrogens (tertiary/aromatic N) is 2. The molecule has 0 aliphatic carbocycles. The second-order valence-corrected chi connectivity index (χ2v) is 5.96. The van der Waals surface area contributed by atoms with Gasteiger partial charge in [-0.15, -0.1) is 0 Å². The summed E-state index contributed by atoms with van der Waals surface area (Å²) in [4.78, 5) is 9.13. The third-order valence-electron chi connectivity index (χ3n) is 3.22. The van der Waals surface area contributed by atoms with E-state index in [1.807, 2.05) is 18.8 Å². The molecule has 0 spiro atoms. The zero-order valence-corrected chi connectivity index (χ0v) is 12.5. The molecule has 0 bridgehead atoms. The summed E-state index contributed by atoms with van der Waals surface area (Å²) in [6.07, 6.45) is 0.506. The monoisotopic (exact) mass is 309 g/mol. The molecule has 0 amide bonds. The van der Waals surface area contributed by atoms with Crippen molar-refractivity contribution >= 4 is 29.2 Å². The molecule has 20 heavy (non-hydrogen) atoms. The van der Waals surface area contributed by atoms with Gasteiger partial charge in [-0.1, -0.05) is 17.7 Å². The number of rotatable bonds is 3. The molecule has 0 fully saturated rings. The molecule has 2 heterocycles. The molecule has 0 atom stereocenters. The third kappa shape index (κ3) is 2.60. The van der Waals surface area contributed by atoms with E-state index in [0.29, 0.717) is 17.3 Å². The van der Waals surface area contributed by atoms with Gasteiger partial charge in [0.05, 0.1) is 5.69 Å². The largest absolute Gasteiger partial charge is 0.373 e. The minimum Gasteiger partial charge on any atom is -0.373 e. The number of nitrogens with one attached hydrogen (secondary N) is 1. The van der Waals surface area contributed by atoms with Crippen LogP contribution >= 0.6 is 23.4 Å². The molecule has 1 aromatic carbocycles. The lowest BCUT2D eigenvalue weighted by atomic mass is 10.1. The van der Waals surface area contributed by atoms with Crippen molar-refractivity contribution in [1.82, 2.24) is 9.97 Å². The molecule has 1 aliphatic rings. The van der Waals surface area contributed by atoms with Crippen molar-refractivity contribution in [3.63, 3.8) is 0 Å². The second-order valence-electron chi connectivity index (χ2n) is 4.57. The average Bonchev–Trinajstić information content (AvgIpc) is 2.89.